The topological polar surface area (TPSA) is 87.7 Å². The Labute approximate surface area is 205 Å². The van der Waals surface area contributed by atoms with E-state index >= 15 is 0 Å². The largest absolute Gasteiger partial charge is 0.465 e. The van der Waals surface area contributed by atoms with E-state index in [1.54, 1.807) is 19.1 Å². The van der Waals surface area contributed by atoms with Crippen LogP contribution in [0.3, 0.4) is 0 Å². The van der Waals surface area contributed by atoms with Crippen LogP contribution in [0.25, 0.3) is 11.1 Å². The molecule has 3 aromatic carbocycles. The van der Waals surface area contributed by atoms with Gasteiger partial charge in [0.15, 0.2) is 0 Å². The quantitative estimate of drug-likeness (QED) is 0.487. The van der Waals surface area contributed by atoms with Gasteiger partial charge < -0.3 is 20.3 Å². The molecule has 7 nitrogen and oxygen atoms in total. The average molecular weight is 472 g/mol. The predicted octanol–water partition coefficient (Wildman–Crippen LogP) is 5.40. The molecule has 35 heavy (non-hydrogen) atoms. The van der Waals surface area contributed by atoms with Gasteiger partial charge in [-0.3, -0.25) is 9.59 Å². The zero-order valence-corrected chi connectivity index (χ0v) is 20.3. The Morgan fingerprint density at radius 2 is 1.63 bits per heavy atom. The summed E-state index contributed by atoms with van der Waals surface area (Å²) < 4.78 is 4.86. The van der Waals surface area contributed by atoms with Gasteiger partial charge in [0.2, 0.25) is 11.8 Å². The molecule has 0 saturated heterocycles. The van der Waals surface area contributed by atoms with E-state index in [-0.39, 0.29) is 23.9 Å². The van der Waals surface area contributed by atoms with Crippen LogP contribution in [0.1, 0.15) is 49.2 Å². The Kier molecular flexibility index (Phi) is 6.87. The summed E-state index contributed by atoms with van der Waals surface area (Å²) in [5, 5.41) is 6.38. The highest BCUT2D eigenvalue weighted by molar-refractivity contribution is 5.95. The van der Waals surface area contributed by atoms with Crippen LogP contribution in [-0.2, 0) is 14.3 Å². The monoisotopic (exact) mass is 471 g/mol. The molecule has 2 N–H and O–H groups in total. The first-order valence-corrected chi connectivity index (χ1v) is 11.5. The molecule has 0 fully saturated rings. The fourth-order valence-corrected chi connectivity index (χ4v) is 4.69. The lowest BCUT2D eigenvalue weighted by atomic mass is 9.88. The minimum absolute atomic E-state index is 0.00441. The van der Waals surface area contributed by atoms with E-state index in [1.807, 2.05) is 60.4 Å². The molecular weight excluding hydrogens is 442 g/mol. The van der Waals surface area contributed by atoms with E-state index in [1.165, 1.54) is 14.0 Å². The zero-order chi connectivity index (χ0) is 25.1. The summed E-state index contributed by atoms with van der Waals surface area (Å²) in [5.41, 5.74) is 5.77. The van der Waals surface area contributed by atoms with Crippen molar-refractivity contribution < 1.29 is 19.1 Å². The van der Waals surface area contributed by atoms with Crippen molar-refractivity contribution in [2.75, 3.05) is 22.6 Å². The highest BCUT2D eigenvalue weighted by atomic mass is 16.5. The summed E-state index contributed by atoms with van der Waals surface area (Å²) in [7, 11) is 1.36. The maximum Gasteiger partial charge on any atom is 0.337 e. The smallest absolute Gasteiger partial charge is 0.337 e. The SMILES string of the molecule is COC(=O)c1cccc(N[C@@H]2C[C@H](C)N(C(C)=O)c3ccc(-c4cccc(NC(C)=O)c4)cc32)c1. The van der Waals surface area contributed by atoms with Gasteiger partial charge in [-0.2, -0.15) is 0 Å². The number of ether oxygens (including phenoxy) is 1. The third-order valence-electron chi connectivity index (χ3n) is 6.16. The lowest BCUT2D eigenvalue weighted by molar-refractivity contribution is -0.117. The van der Waals surface area contributed by atoms with Crippen molar-refractivity contribution in [2.45, 2.75) is 39.3 Å². The highest BCUT2D eigenvalue weighted by Gasteiger charge is 2.32. The van der Waals surface area contributed by atoms with Gasteiger partial charge in [-0.15, -0.1) is 0 Å². The lowest BCUT2D eigenvalue weighted by Gasteiger charge is -2.39. The van der Waals surface area contributed by atoms with Crippen molar-refractivity contribution in [3.05, 3.63) is 77.9 Å². The number of nitrogens with one attached hydrogen (secondary N) is 2. The van der Waals surface area contributed by atoms with E-state index in [2.05, 4.69) is 16.7 Å². The van der Waals surface area contributed by atoms with Crippen LogP contribution in [0, 0.1) is 0 Å². The zero-order valence-electron chi connectivity index (χ0n) is 20.3. The van der Waals surface area contributed by atoms with E-state index in [0.717, 1.165) is 33.8 Å². The second kappa shape index (κ2) is 10.0. The molecule has 0 radical (unpaired) electrons. The molecule has 1 aliphatic rings. The van der Waals surface area contributed by atoms with Crippen molar-refractivity contribution in [2.24, 2.45) is 0 Å². The first-order chi connectivity index (χ1) is 16.8. The second-order valence-corrected chi connectivity index (χ2v) is 8.78. The van der Waals surface area contributed by atoms with Gasteiger partial charge in [-0.1, -0.05) is 24.3 Å². The number of fused-ring (bicyclic) bond motifs is 1. The molecule has 2 amide bonds. The van der Waals surface area contributed by atoms with Crippen LogP contribution >= 0.6 is 0 Å². The molecule has 0 spiro atoms. The molecule has 0 saturated carbocycles. The first-order valence-electron chi connectivity index (χ1n) is 11.5. The van der Waals surface area contributed by atoms with Crippen molar-refractivity contribution >= 4 is 34.8 Å². The number of esters is 1. The molecule has 0 aromatic heterocycles. The fraction of sp³-hybridized carbons (Fsp3) is 0.250. The Bertz CT molecular complexity index is 1290. The molecule has 3 aromatic rings. The van der Waals surface area contributed by atoms with Gasteiger partial charge in [0.1, 0.15) is 0 Å². The molecular formula is C28H29N3O4. The van der Waals surface area contributed by atoms with Crippen molar-refractivity contribution in [3.63, 3.8) is 0 Å². The summed E-state index contributed by atoms with van der Waals surface area (Å²) in [6.45, 7) is 5.10. The molecule has 0 bridgehead atoms. The Balaban J connectivity index is 1.75. The maximum atomic E-state index is 12.5. The molecule has 7 heteroatoms. The third kappa shape index (κ3) is 5.19. The number of nitrogens with zero attached hydrogens (tertiary/aromatic N) is 1. The van der Waals surface area contributed by atoms with Crippen LogP contribution in [0.15, 0.2) is 66.7 Å². The standard InChI is InChI=1S/C28H29N3O4/c1-17-13-26(30-24-10-6-8-22(15-24)28(34)35-4)25-16-21(11-12-27(25)31(17)19(3)33)20-7-5-9-23(14-20)29-18(2)32/h5-12,14-17,26,30H,13H2,1-4H3,(H,29,32)/t17-,26+/m0/s1. The molecule has 1 heterocycles. The summed E-state index contributed by atoms with van der Waals surface area (Å²) in [6.07, 6.45) is 0.699. The molecule has 180 valence electrons. The van der Waals surface area contributed by atoms with E-state index in [9.17, 15) is 14.4 Å². The van der Waals surface area contributed by atoms with E-state index in [0.29, 0.717) is 12.0 Å². The number of hydrogen-bond acceptors (Lipinski definition) is 5. The van der Waals surface area contributed by atoms with E-state index in [4.69, 9.17) is 4.74 Å². The summed E-state index contributed by atoms with van der Waals surface area (Å²) in [4.78, 5) is 37.8. The first kappa shape index (κ1) is 24.0. The normalized spacial score (nSPS) is 16.7. The Morgan fingerprint density at radius 1 is 0.914 bits per heavy atom. The number of carbonyl (C=O) groups excluding carboxylic acids is 3. The fourth-order valence-electron chi connectivity index (χ4n) is 4.69. The van der Waals surface area contributed by atoms with Crippen LogP contribution < -0.4 is 15.5 Å². The summed E-state index contributed by atoms with van der Waals surface area (Å²) in [6, 6.07) is 20.9. The van der Waals surface area contributed by atoms with Gasteiger partial charge in [0, 0.05) is 37.0 Å². The van der Waals surface area contributed by atoms with Crippen LogP contribution in [0.5, 0.6) is 0 Å². The van der Waals surface area contributed by atoms with Crippen LogP contribution in [0.4, 0.5) is 17.1 Å². The van der Waals surface area contributed by atoms with Crippen molar-refractivity contribution in [1.82, 2.24) is 0 Å². The number of hydrogen-bond donors (Lipinski definition) is 2. The molecule has 0 aliphatic carbocycles. The van der Waals surface area contributed by atoms with Crippen molar-refractivity contribution in [1.29, 1.82) is 0 Å². The molecule has 0 unspecified atom stereocenters. The van der Waals surface area contributed by atoms with E-state index < -0.39 is 5.97 Å². The Morgan fingerprint density at radius 3 is 2.34 bits per heavy atom. The lowest BCUT2D eigenvalue weighted by Crippen LogP contribution is -2.43. The molecule has 4 rings (SSSR count). The third-order valence-corrected chi connectivity index (χ3v) is 6.16. The number of methoxy groups -OCH3 is 1. The molecule has 1 aliphatic heterocycles. The van der Waals surface area contributed by atoms with Crippen LogP contribution in [-0.4, -0.2) is 30.9 Å². The minimum Gasteiger partial charge on any atom is -0.465 e. The predicted molar refractivity (Wildman–Crippen MR) is 138 cm³/mol. The summed E-state index contributed by atoms with van der Waals surface area (Å²) >= 11 is 0. The summed E-state index contributed by atoms with van der Waals surface area (Å²) in [5.74, 6) is -0.530. The Hall–Kier alpha value is -4.13. The number of rotatable bonds is 5. The maximum absolute atomic E-state index is 12.5. The highest BCUT2D eigenvalue weighted by Crippen LogP contribution is 2.41. The number of carbonyl (C=O) groups is 3. The van der Waals surface area contributed by atoms with Crippen LogP contribution in [0.2, 0.25) is 0 Å². The minimum atomic E-state index is -0.393. The van der Waals surface area contributed by atoms with Gasteiger partial charge >= 0.3 is 5.97 Å². The second-order valence-electron chi connectivity index (χ2n) is 8.78. The average Bonchev–Trinajstić information content (AvgIpc) is 2.83. The molecule has 2 atom stereocenters. The van der Waals surface area contributed by atoms with Gasteiger partial charge in [-0.05, 0) is 72.5 Å². The number of anilines is 3. The number of benzene rings is 3. The van der Waals surface area contributed by atoms with Gasteiger partial charge in [0.25, 0.3) is 0 Å². The van der Waals surface area contributed by atoms with Gasteiger partial charge in [0.05, 0.1) is 18.7 Å². The van der Waals surface area contributed by atoms with Crippen molar-refractivity contribution in [3.8, 4) is 11.1 Å². The number of amides is 2. The van der Waals surface area contributed by atoms with Gasteiger partial charge in [-0.25, -0.2) is 4.79 Å².